The van der Waals surface area contributed by atoms with Crippen LogP contribution in [0.1, 0.15) is 75.1 Å². The predicted octanol–water partition coefficient (Wildman–Crippen LogP) is 5.80. The van der Waals surface area contributed by atoms with Crippen LogP contribution in [0.5, 0.6) is 17.2 Å². The van der Waals surface area contributed by atoms with E-state index in [1.807, 2.05) is 0 Å². The number of alkyl halides is 3. The van der Waals surface area contributed by atoms with Gasteiger partial charge in [-0.1, -0.05) is 19.8 Å². The van der Waals surface area contributed by atoms with Crippen molar-refractivity contribution in [3.8, 4) is 29.1 Å². The smallest absolute Gasteiger partial charge is 0.416 e. The van der Waals surface area contributed by atoms with Gasteiger partial charge in [-0.2, -0.15) is 13.2 Å². The molecule has 2 saturated carbocycles. The Kier molecular flexibility index (Phi) is 7.78. The molecule has 1 spiro atoms. The number of quaternary nitrogens is 1. The molecule has 6 atom stereocenters. The number of carbonyl (C=O) groups is 2. The van der Waals surface area contributed by atoms with Gasteiger partial charge in [0.05, 0.1) is 49.8 Å². The maximum absolute atomic E-state index is 13.3. The Bertz CT molecular complexity index is 1650. The van der Waals surface area contributed by atoms with E-state index in [4.69, 9.17) is 14.2 Å². The van der Waals surface area contributed by atoms with E-state index in [0.29, 0.717) is 40.7 Å². The molecule has 7 nitrogen and oxygen atoms in total. The van der Waals surface area contributed by atoms with E-state index in [1.165, 1.54) is 38.4 Å². The van der Waals surface area contributed by atoms with Crippen LogP contribution in [0.25, 0.3) is 0 Å². The van der Waals surface area contributed by atoms with Crippen molar-refractivity contribution < 1.29 is 41.5 Å². The van der Waals surface area contributed by atoms with Gasteiger partial charge in [0, 0.05) is 66.2 Å². The monoisotopic (exact) mass is 651 g/mol. The summed E-state index contributed by atoms with van der Waals surface area (Å²) in [5.41, 5.74) is 1.26. The average molecular weight is 652 g/mol. The Hall–Kier alpha value is -3.71. The molecule has 5 aliphatic rings. The fraction of sp³-hybridized carbons (Fsp3) is 0.568. The summed E-state index contributed by atoms with van der Waals surface area (Å²) >= 11 is 0. The standard InChI is InChI=1S/C37H41F3N2O5/c1-21(2)19-42(20-24-5-6-24)16-15-36-27-12-13-28(41-32(44)14-9-23-7-10-25(11-8-23)37(38,39)40)35(36)47-34-31(45-4)18-30(46-22(3)43)26(33(34)36)17-29(27)42/h7-8,10-11,18,21,24,27-29,35H,5-6,12-13,15-17,19-20H2,1-4H3/p+1/t27-,28+,29+,35-,36-,42?/m0/s1. The third-order valence-electron chi connectivity index (χ3n) is 11.3. The largest absolute Gasteiger partial charge is 0.493 e. The number of ether oxygens (including phenoxy) is 3. The SMILES string of the molecule is COc1cc(OC(C)=O)c2c3c1O[C@H]1[C@H](NC(=O)C#Cc4ccc(C(F)(F)F)cc4)CC[C@H]4[C@@H](C2)[N+](CC(C)C)(CC2CC2)CC[C@@]341. The summed E-state index contributed by atoms with van der Waals surface area (Å²) in [6, 6.07) is 6.23. The number of benzene rings is 2. The minimum absolute atomic E-state index is 0.316. The van der Waals surface area contributed by atoms with Gasteiger partial charge in [0.2, 0.25) is 0 Å². The minimum atomic E-state index is -4.44. The highest BCUT2D eigenvalue weighted by molar-refractivity contribution is 5.94. The van der Waals surface area contributed by atoms with Crippen LogP contribution in [0, 0.1) is 29.6 Å². The summed E-state index contributed by atoms with van der Waals surface area (Å²) in [5.74, 6) is 7.73. The van der Waals surface area contributed by atoms with Crippen LogP contribution in [0.4, 0.5) is 13.2 Å². The molecular formula is C37H42F3N2O5+. The van der Waals surface area contributed by atoms with E-state index < -0.39 is 23.1 Å². The summed E-state index contributed by atoms with van der Waals surface area (Å²) < 4.78 is 58.6. The second kappa shape index (κ2) is 11.5. The first-order valence-electron chi connectivity index (χ1n) is 16.8. The van der Waals surface area contributed by atoms with Gasteiger partial charge in [-0.3, -0.25) is 9.59 Å². The Balaban J connectivity index is 1.25. The number of piperidine rings is 1. The molecule has 2 aromatic rings. The molecule has 3 fully saturated rings. The normalized spacial score (nSPS) is 30.0. The van der Waals surface area contributed by atoms with Crippen LogP contribution in [-0.4, -0.2) is 61.3 Å². The third kappa shape index (κ3) is 5.44. The summed E-state index contributed by atoms with van der Waals surface area (Å²) in [6.45, 7) is 9.31. The van der Waals surface area contributed by atoms with E-state index in [9.17, 15) is 22.8 Å². The Morgan fingerprint density at radius 2 is 1.87 bits per heavy atom. The van der Waals surface area contributed by atoms with Crippen molar-refractivity contribution in [1.29, 1.82) is 0 Å². The van der Waals surface area contributed by atoms with Crippen molar-refractivity contribution in [3.63, 3.8) is 0 Å². The second-order valence-corrected chi connectivity index (χ2v) is 14.7. The molecule has 1 unspecified atom stereocenters. The summed E-state index contributed by atoms with van der Waals surface area (Å²) in [7, 11) is 1.58. The number of hydrogen-bond acceptors (Lipinski definition) is 5. The van der Waals surface area contributed by atoms with E-state index in [2.05, 4.69) is 31.0 Å². The highest BCUT2D eigenvalue weighted by Crippen LogP contribution is 2.66. The molecule has 2 bridgehead atoms. The molecule has 1 saturated heterocycles. The number of methoxy groups -OCH3 is 1. The van der Waals surface area contributed by atoms with E-state index in [-0.39, 0.29) is 18.1 Å². The first kappa shape index (κ1) is 31.9. The van der Waals surface area contributed by atoms with Crippen LogP contribution in [0.3, 0.4) is 0 Å². The van der Waals surface area contributed by atoms with Crippen molar-refractivity contribution in [2.75, 3.05) is 26.7 Å². The van der Waals surface area contributed by atoms with Gasteiger partial charge in [-0.15, -0.1) is 0 Å². The van der Waals surface area contributed by atoms with Gasteiger partial charge in [0.15, 0.2) is 11.5 Å². The number of hydrogen-bond donors (Lipinski definition) is 1. The van der Waals surface area contributed by atoms with Gasteiger partial charge in [-0.25, -0.2) is 0 Å². The first-order chi connectivity index (χ1) is 22.3. The van der Waals surface area contributed by atoms with Gasteiger partial charge in [0.1, 0.15) is 11.9 Å². The third-order valence-corrected chi connectivity index (χ3v) is 11.3. The molecule has 3 aliphatic carbocycles. The molecule has 10 heteroatoms. The van der Waals surface area contributed by atoms with Crippen molar-refractivity contribution in [3.05, 3.63) is 52.6 Å². The van der Waals surface area contributed by atoms with Crippen molar-refractivity contribution in [1.82, 2.24) is 5.32 Å². The summed E-state index contributed by atoms with van der Waals surface area (Å²) in [4.78, 5) is 25.6. The lowest BCUT2D eigenvalue weighted by Gasteiger charge is -2.63. The lowest BCUT2D eigenvalue weighted by Crippen LogP contribution is -2.75. The molecule has 1 N–H and O–H groups in total. The molecule has 250 valence electrons. The van der Waals surface area contributed by atoms with Gasteiger partial charge >= 0.3 is 12.1 Å². The van der Waals surface area contributed by atoms with Crippen molar-refractivity contribution >= 4 is 11.9 Å². The quantitative estimate of drug-likeness (QED) is 0.178. The lowest BCUT2D eigenvalue weighted by molar-refractivity contribution is -0.966. The van der Waals surface area contributed by atoms with Crippen LogP contribution < -0.4 is 19.5 Å². The summed E-state index contributed by atoms with van der Waals surface area (Å²) in [5, 5.41) is 3.12. The molecule has 0 radical (unpaired) electrons. The van der Waals surface area contributed by atoms with Gasteiger partial charge in [-0.05, 0) is 49.9 Å². The highest BCUT2D eigenvalue weighted by Gasteiger charge is 2.70. The highest BCUT2D eigenvalue weighted by atomic mass is 19.4. The van der Waals surface area contributed by atoms with Crippen LogP contribution in [-0.2, 0) is 27.6 Å². The average Bonchev–Trinajstić information content (AvgIpc) is 3.75. The molecule has 1 amide bonds. The number of rotatable bonds is 7. The van der Waals surface area contributed by atoms with Gasteiger partial charge in [0.25, 0.3) is 5.91 Å². The zero-order valence-corrected chi connectivity index (χ0v) is 27.3. The maximum Gasteiger partial charge on any atom is 0.416 e. The molecule has 2 heterocycles. The number of nitrogens with zero attached hydrogens (tertiary/aromatic N) is 1. The Morgan fingerprint density at radius 1 is 1.13 bits per heavy atom. The number of carbonyl (C=O) groups excluding carboxylic acids is 2. The van der Waals surface area contributed by atoms with Crippen molar-refractivity contribution in [2.45, 2.75) is 89.1 Å². The topological polar surface area (TPSA) is 73.9 Å². The molecule has 2 aliphatic heterocycles. The van der Waals surface area contributed by atoms with Crippen molar-refractivity contribution in [2.24, 2.45) is 17.8 Å². The number of likely N-dealkylation sites (tertiary alicyclic amines) is 1. The molecule has 2 aromatic carbocycles. The zero-order chi connectivity index (χ0) is 33.3. The zero-order valence-electron chi connectivity index (χ0n) is 27.3. The Morgan fingerprint density at radius 3 is 2.51 bits per heavy atom. The minimum Gasteiger partial charge on any atom is -0.493 e. The fourth-order valence-corrected chi connectivity index (χ4v) is 9.63. The van der Waals surface area contributed by atoms with Gasteiger partial charge < -0.3 is 24.0 Å². The fourth-order valence-electron chi connectivity index (χ4n) is 9.63. The first-order valence-corrected chi connectivity index (χ1v) is 16.8. The van der Waals surface area contributed by atoms with Crippen LogP contribution >= 0.6 is 0 Å². The number of amides is 1. The molecular weight excluding hydrogens is 609 g/mol. The van der Waals surface area contributed by atoms with E-state index in [1.54, 1.807) is 13.2 Å². The second-order valence-electron chi connectivity index (χ2n) is 14.7. The van der Waals surface area contributed by atoms with Crippen LogP contribution in [0.2, 0.25) is 0 Å². The number of esters is 1. The molecule has 0 aromatic heterocycles. The lowest BCUT2D eigenvalue weighted by atomic mass is 9.50. The summed E-state index contributed by atoms with van der Waals surface area (Å²) in [6.07, 6.45) is 1.07. The predicted molar refractivity (Wildman–Crippen MR) is 168 cm³/mol. The van der Waals surface area contributed by atoms with Crippen LogP contribution in [0.15, 0.2) is 30.3 Å². The maximum atomic E-state index is 13.3. The number of nitrogens with one attached hydrogen (secondary N) is 1. The van der Waals surface area contributed by atoms with E-state index in [0.717, 1.165) is 72.4 Å². The van der Waals surface area contributed by atoms with E-state index >= 15 is 0 Å². The molecule has 7 rings (SSSR count). The number of halogens is 3. The molecule has 47 heavy (non-hydrogen) atoms. The Labute approximate surface area is 273 Å².